The average molecular weight is 513 g/mol. The van der Waals surface area contributed by atoms with Gasteiger partial charge in [0.15, 0.2) is 35.8 Å². The number of esters is 4. The lowest BCUT2D eigenvalue weighted by Gasteiger charge is -2.43. The zero-order chi connectivity index (χ0) is 26.1. The van der Waals surface area contributed by atoms with Crippen LogP contribution in [0.3, 0.4) is 0 Å². The third-order valence-electron chi connectivity index (χ3n) is 4.57. The van der Waals surface area contributed by atoms with Crippen LogP contribution in [0.4, 0.5) is 5.69 Å². The van der Waals surface area contributed by atoms with Crippen molar-refractivity contribution < 1.29 is 47.6 Å². The van der Waals surface area contributed by atoms with E-state index in [2.05, 4.69) is 10.6 Å². The highest BCUT2D eigenvalue weighted by atomic mass is 32.1. The van der Waals surface area contributed by atoms with Gasteiger partial charge in [0, 0.05) is 26.5 Å². The number of rotatable bonds is 8. The molecule has 2 rings (SSSR count). The fourth-order valence-electron chi connectivity index (χ4n) is 3.33. The molecule has 1 aliphatic rings. The van der Waals surface area contributed by atoms with E-state index in [-0.39, 0.29) is 5.11 Å². The molecule has 0 aliphatic carbocycles. The van der Waals surface area contributed by atoms with Gasteiger partial charge in [-0.05, 0) is 43.4 Å². The van der Waals surface area contributed by atoms with E-state index in [1.807, 2.05) is 6.92 Å². The molecule has 0 bridgehead atoms. The number of hydrogen-bond acceptors (Lipinski definition) is 11. The monoisotopic (exact) mass is 512 g/mol. The van der Waals surface area contributed by atoms with Gasteiger partial charge in [0.25, 0.3) is 0 Å². The molecule has 0 unspecified atom stereocenters. The second-order valence-corrected chi connectivity index (χ2v) is 7.69. The van der Waals surface area contributed by atoms with E-state index in [1.165, 1.54) is 0 Å². The summed E-state index contributed by atoms with van der Waals surface area (Å²) in [4.78, 5) is 47.9. The molecule has 0 aromatic heterocycles. The van der Waals surface area contributed by atoms with Crippen molar-refractivity contribution in [1.82, 2.24) is 5.32 Å². The first-order chi connectivity index (χ1) is 16.5. The van der Waals surface area contributed by atoms with Crippen molar-refractivity contribution in [1.29, 1.82) is 0 Å². The number of thiocarbonyl (C=S) groups is 1. The van der Waals surface area contributed by atoms with Crippen molar-refractivity contribution in [3.8, 4) is 5.75 Å². The first-order valence-electron chi connectivity index (χ1n) is 10.6. The van der Waals surface area contributed by atoms with Gasteiger partial charge in [-0.15, -0.1) is 0 Å². The summed E-state index contributed by atoms with van der Waals surface area (Å²) in [5.74, 6) is -2.55. The van der Waals surface area contributed by atoms with Crippen molar-refractivity contribution in [2.45, 2.75) is 58.3 Å². The van der Waals surface area contributed by atoms with E-state index in [0.29, 0.717) is 18.0 Å². The predicted octanol–water partition coefficient (Wildman–Crippen LogP) is 1.06. The lowest BCUT2D eigenvalue weighted by molar-refractivity contribution is -0.250. The second-order valence-electron chi connectivity index (χ2n) is 7.28. The average Bonchev–Trinajstić information content (AvgIpc) is 2.77. The van der Waals surface area contributed by atoms with Crippen LogP contribution in [-0.4, -0.2) is 73.4 Å². The summed E-state index contributed by atoms with van der Waals surface area (Å²) in [6.07, 6.45) is -7.03. The largest absolute Gasteiger partial charge is 0.494 e. The summed E-state index contributed by atoms with van der Waals surface area (Å²) >= 11 is 5.34. The number of nitrogens with one attached hydrogen (secondary N) is 2. The molecule has 2 N–H and O–H groups in total. The maximum absolute atomic E-state index is 12.5. The number of ether oxygens (including phenoxy) is 6. The van der Waals surface area contributed by atoms with E-state index in [1.54, 1.807) is 24.3 Å². The normalized spacial score (nSPS) is 23.3. The van der Waals surface area contributed by atoms with E-state index in [9.17, 15) is 19.2 Å². The fourth-order valence-corrected chi connectivity index (χ4v) is 3.56. The number of carbonyl (C=O) groups excluding carboxylic acids is 4. The van der Waals surface area contributed by atoms with E-state index in [0.717, 1.165) is 27.9 Å². The number of benzene rings is 1. The fraction of sp³-hybridized carbons (Fsp3) is 0.500. The topological polar surface area (TPSA) is 148 Å². The molecule has 192 valence electrons. The zero-order valence-electron chi connectivity index (χ0n) is 19.9. The maximum Gasteiger partial charge on any atom is 0.339 e. The predicted molar refractivity (Wildman–Crippen MR) is 124 cm³/mol. The molecule has 1 saturated heterocycles. The molecule has 12 nitrogen and oxygen atoms in total. The van der Waals surface area contributed by atoms with Crippen molar-refractivity contribution >= 4 is 46.9 Å². The van der Waals surface area contributed by atoms with Crippen molar-refractivity contribution in [2.75, 3.05) is 19.0 Å². The third-order valence-corrected chi connectivity index (χ3v) is 4.79. The molecule has 5 atom stereocenters. The highest BCUT2D eigenvalue weighted by Crippen LogP contribution is 2.29. The van der Waals surface area contributed by atoms with Gasteiger partial charge in [0.05, 0.1) is 13.7 Å². The van der Waals surface area contributed by atoms with Gasteiger partial charge < -0.3 is 39.1 Å². The van der Waals surface area contributed by atoms with Crippen molar-refractivity contribution in [3.63, 3.8) is 0 Å². The van der Waals surface area contributed by atoms with E-state index < -0.39 is 54.5 Å². The molecule has 1 aliphatic heterocycles. The van der Waals surface area contributed by atoms with Gasteiger partial charge in [-0.1, -0.05) is 0 Å². The van der Waals surface area contributed by atoms with Gasteiger partial charge in [0.2, 0.25) is 0 Å². The minimum atomic E-state index is -1.52. The highest BCUT2D eigenvalue weighted by molar-refractivity contribution is 7.80. The molecule has 0 saturated carbocycles. The number of anilines is 1. The van der Waals surface area contributed by atoms with Crippen LogP contribution in [0.2, 0.25) is 0 Å². The van der Waals surface area contributed by atoms with Gasteiger partial charge in [-0.2, -0.15) is 0 Å². The molecule has 1 aromatic carbocycles. The van der Waals surface area contributed by atoms with Crippen LogP contribution >= 0.6 is 12.2 Å². The molecule has 35 heavy (non-hydrogen) atoms. The number of methoxy groups -OCH3 is 1. The molecular formula is C22H28N2O10S. The van der Waals surface area contributed by atoms with Crippen LogP contribution in [0.25, 0.3) is 0 Å². The molecule has 1 heterocycles. The smallest absolute Gasteiger partial charge is 0.339 e. The van der Waals surface area contributed by atoms with Crippen LogP contribution in [0.5, 0.6) is 5.75 Å². The van der Waals surface area contributed by atoms with E-state index >= 15 is 0 Å². The van der Waals surface area contributed by atoms with Crippen LogP contribution in [0, 0.1) is 0 Å². The Balaban J connectivity index is 2.33. The van der Waals surface area contributed by atoms with Gasteiger partial charge >= 0.3 is 23.9 Å². The van der Waals surface area contributed by atoms with Crippen LogP contribution in [-0.2, 0) is 42.9 Å². The molecule has 0 spiro atoms. The Morgan fingerprint density at radius 3 is 1.97 bits per heavy atom. The summed E-state index contributed by atoms with van der Waals surface area (Å²) in [6, 6.07) is 6.92. The Labute approximate surface area is 207 Å². The summed E-state index contributed by atoms with van der Waals surface area (Å²) in [5, 5.41) is 5.76. The lowest BCUT2D eigenvalue weighted by Crippen LogP contribution is -2.67. The SMILES string of the molecule is CCOc1ccc(NC(=S)N[C@@H]2O[C@H](C(=O)OC)[C@@H](OC(C)=O)[C@H](OC(C)=O)[C@H]2OC(C)=O)cc1. The van der Waals surface area contributed by atoms with E-state index in [4.69, 9.17) is 40.6 Å². The standard InChI is InChI=1S/C22H28N2O10S/c1-6-30-15-9-7-14(8-10-15)23-22(35)24-20-18(33-13(4)27)16(31-11(2)25)17(32-12(3)26)19(34-20)21(28)29-5/h7-10,16-20H,6H2,1-5H3,(H2,23,24,35)/t16-,17-,18+,19-,20+/m0/s1. The maximum atomic E-state index is 12.5. The first-order valence-corrected chi connectivity index (χ1v) is 11.0. The van der Waals surface area contributed by atoms with Crippen molar-refractivity contribution in [2.24, 2.45) is 0 Å². The number of carbonyl (C=O) groups is 4. The first kappa shape index (κ1) is 27.8. The Morgan fingerprint density at radius 2 is 1.46 bits per heavy atom. The molecule has 0 radical (unpaired) electrons. The summed E-state index contributed by atoms with van der Waals surface area (Å²) in [5.41, 5.74) is 0.602. The summed E-state index contributed by atoms with van der Waals surface area (Å²) in [7, 11) is 1.11. The Morgan fingerprint density at radius 1 is 0.914 bits per heavy atom. The Kier molecular flexibility index (Phi) is 10.2. The molecule has 0 amide bonds. The summed E-state index contributed by atoms with van der Waals surface area (Å²) < 4.78 is 31.8. The highest BCUT2D eigenvalue weighted by Gasteiger charge is 2.55. The lowest BCUT2D eigenvalue weighted by atomic mass is 9.97. The van der Waals surface area contributed by atoms with Gasteiger partial charge in [-0.25, -0.2) is 4.79 Å². The minimum absolute atomic E-state index is 0.0347. The Hall–Kier alpha value is -3.45. The number of hydrogen-bond donors (Lipinski definition) is 2. The quantitative estimate of drug-likeness (QED) is 0.291. The zero-order valence-corrected chi connectivity index (χ0v) is 20.7. The minimum Gasteiger partial charge on any atom is -0.494 e. The third kappa shape index (κ3) is 8.07. The summed E-state index contributed by atoms with van der Waals surface area (Å²) in [6.45, 7) is 5.72. The Bertz CT molecular complexity index is 939. The van der Waals surface area contributed by atoms with Gasteiger partial charge in [-0.3, -0.25) is 14.4 Å². The molecular weight excluding hydrogens is 484 g/mol. The van der Waals surface area contributed by atoms with Crippen LogP contribution in [0.15, 0.2) is 24.3 Å². The second kappa shape index (κ2) is 12.9. The molecule has 1 fully saturated rings. The molecule has 1 aromatic rings. The van der Waals surface area contributed by atoms with Crippen LogP contribution < -0.4 is 15.4 Å². The van der Waals surface area contributed by atoms with Crippen molar-refractivity contribution in [3.05, 3.63) is 24.3 Å². The van der Waals surface area contributed by atoms with Crippen LogP contribution in [0.1, 0.15) is 27.7 Å². The molecule has 13 heteroatoms. The van der Waals surface area contributed by atoms with Gasteiger partial charge in [0.1, 0.15) is 5.75 Å².